The van der Waals surface area contributed by atoms with Crippen LogP contribution in [0.15, 0.2) is 78.0 Å². The van der Waals surface area contributed by atoms with Gasteiger partial charge in [0.1, 0.15) is 0 Å². The molecule has 140 valence electrons. The van der Waals surface area contributed by atoms with E-state index in [1.165, 1.54) is 16.7 Å². The van der Waals surface area contributed by atoms with Gasteiger partial charge in [-0.1, -0.05) is 83.0 Å². The first-order chi connectivity index (χ1) is 13.6. The van der Waals surface area contributed by atoms with Crippen LogP contribution in [0.5, 0.6) is 0 Å². The number of nitrogens with zero attached hydrogens (tertiary/aromatic N) is 3. The summed E-state index contributed by atoms with van der Waals surface area (Å²) in [6, 6.07) is 24.7. The number of aryl methyl sites for hydroxylation is 2. The molecule has 28 heavy (non-hydrogen) atoms. The molecular weight excluding hydrogens is 386 g/mol. The van der Waals surface area contributed by atoms with E-state index < -0.39 is 0 Å². The van der Waals surface area contributed by atoms with E-state index in [-0.39, 0.29) is 0 Å². The van der Waals surface area contributed by atoms with Crippen molar-refractivity contribution in [3.63, 3.8) is 0 Å². The first-order valence-electron chi connectivity index (χ1n) is 9.07. The molecule has 0 radical (unpaired) electrons. The van der Waals surface area contributed by atoms with Crippen LogP contribution in [0, 0.1) is 13.8 Å². The highest BCUT2D eigenvalue weighted by atomic mass is 35.5. The van der Waals surface area contributed by atoms with Crippen molar-refractivity contribution in [2.75, 3.05) is 0 Å². The summed E-state index contributed by atoms with van der Waals surface area (Å²) in [6.45, 7) is 4.19. The SMILES string of the molecule is Cc1ccc(-c2nnc(SCc3cccc(C)c3)n2-c2ccc(Cl)cc2)cc1. The van der Waals surface area contributed by atoms with E-state index in [2.05, 4.69) is 77.1 Å². The molecule has 1 heterocycles. The quantitative estimate of drug-likeness (QED) is 0.355. The molecule has 3 nitrogen and oxygen atoms in total. The Bertz CT molecular complexity index is 1090. The summed E-state index contributed by atoms with van der Waals surface area (Å²) in [4.78, 5) is 0. The van der Waals surface area contributed by atoms with Crippen LogP contribution >= 0.6 is 23.4 Å². The summed E-state index contributed by atoms with van der Waals surface area (Å²) in [6.07, 6.45) is 0. The molecule has 0 amide bonds. The standard InChI is InChI=1S/C23H20ClN3S/c1-16-6-8-19(9-7-16)22-25-26-23(27(22)21-12-10-20(24)11-13-21)28-15-18-5-3-4-17(2)14-18/h3-14H,15H2,1-2H3. The van der Waals surface area contributed by atoms with Crippen LogP contribution in [-0.4, -0.2) is 14.8 Å². The number of hydrogen-bond donors (Lipinski definition) is 0. The summed E-state index contributed by atoms with van der Waals surface area (Å²) in [5, 5.41) is 10.6. The molecule has 0 saturated heterocycles. The molecule has 5 heteroatoms. The normalized spacial score (nSPS) is 11.0. The monoisotopic (exact) mass is 405 g/mol. The Morgan fingerprint density at radius 1 is 0.857 bits per heavy atom. The fourth-order valence-electron chi connectivity index (χ4n) is 3.03. The van der Waals surface area contributed by atoms with Gasteiger partial charge in [-0.3, -0.25) is 4.57 Å². The summed E-state index contributed by atoms with van der Waals surface area (Å²) >= 11 is 7.78. The molecule has 0 aliphatic heterocycles. The van der Waals surface area contributed by atoms with Crippen molar-refractivity contribution in [1.82, 2.24) is 14.8 Å². The number of thioether (sulfide) groups is 1. The molecule has 0 aliphatic carbocycles. The lowest BCUT2D eigenvalue weighted by Crippen LogP contribution is -1.99. The van der Waals surface area contributed by atoms with Crippen LogP contribution in [0.3, 0.4) is 0 Å². The van der Waals surface area contributed by atoms with Gasteiger partial charge in [-0.2, -0.15) is 0 Å². The molecule has 4 aromatic rings. The molecule has 0 N–H and O–H groups in total. The lowest BCUT2D eigenvalue weighted by atomic mass is 10.1. The van der Waals surface area contributed by atoms with Crippen LogP contribution in [0.25, 0.3) is 17.1 Å². The maximum absolute atomic E-state index is 6.10. The van der Waals surface area contributed by atoms with E-state index in [4.69, 9.17) is 11.6 Å². The van der Waals surface area contributed by atoms with Crippen molar-refractivity contribution in [3.8, 4) is 17.1 Å². The van der Waals surface area contributed by atoms with Crippen molar-refractivity contribution < 1.29 is 0 Å². The van der Waals surface area contributed by atoms with Crippen molar-refractivity contribution in [2.24, 2.45) is 0 Å². The zero-order valence-corrected chi connectivity index (χ0v) is 17.3. The fraction of sp³-hybridized carbons (Fsp3) is 0.130. The first kappa shape index (κ1) is 18.8. The number of halogens is 1. The highest BCUT2D eigenvalue weighted by Gasteiger charge is 2.16. The molecule has 0 unspecified atom stereocenters. The molecule has 0 fully saturated rings. The number of hydrogen-bond acceptors (Lipinski definition) is 3. The predicted octanol–water partition coefficient (Wildman–Crippen LogP) is 6.50. The Balaban J connectivity index is 1.73. The Labute approximate surface area is 174 Å². The summed E-state index contributed by atoms with van der Waals surface area (Å²) in [7, 11) is 0. The first-order valence-corrected chi connectivity index (χ1v) is 10.4. The van der Waals surface area contributed by atoms with E-state index >= 15 is 0 Å². The average Bonchev–Trinajstić information content (AvgIpc) is 3.11. The van der Waals surface area contributed by atoms with Crippen molar-refractivity contribution >= 4 is 23.4 Å². The molecule has 0 spiro atoms. The summed E-state index contributed by atoms with van der Waals surface area (Å²) in [5.41, 5.74) is 5.78. The van der Waals surface area contributed by atoms with Gasteiger partial charge < -0.3 is 0 Å². The van der Waals surface area contributed by atoms with Gasteiger partial charge in [-0.05, 0) is 43.7 Å². The summed E-state index contributed by atoms with van der Waals surface area (Å²) < 4.78 is 2.10. The smallest absolute Gasteiger partial charge is 0.196 e. The molecule has 3 aromatic carbocycles. The molecular formula is C23H20ClN3S. The van der Waals surface area contributed by atoms with E-state index in [1.54, 1.807) is 11.8 Å². The second kappa shape index (κ2) is 8.21. The van der Waals surface area contributed by atoms with Crippen molar-refractivity contribution in [1.29, 1.82) is 0 Å². The van der Waals surface area contributed by atoms with Crippen LogP contribution in [-0.2, 0) is 5.75 Å². The number of rotatable bonds is 5. The Hall–Kier alpha value is -2.56. The molecule has 1 aromatic heterocycles. The molecule has 0 aliphatic rings. The zero-order chi connectivity index (χ0) is 19.5. The minimum atomic E-state index is 0.711. The minimum absolute atomic E-state index is 0.711. The predicted molar refractivity (Wildman–Crippen MR) is 117 cm³/mol. The number of benzene rings is 3. The third-order valence-corrected chi connectivity index (χ3v) is 5.73. The van der Waals surface area contributed by atoms with Crippen LogP contribution in [0.2, 0.25) is 5.02 Å². The van der Waals surface area contributed by atoms with Crippen molar-refractivity contribution in [3.05, 3.63) is 94.5 Å². The lowest BCUT2D eigenvalue weighted by molar-refractivity contribution is 0.886. The van der Waals surface area contributed by atoms with Gasteiger partial charge in [-0.25, -0.2) is 0 Å². The van der Waals surface area contributed by atoms with Crippen LogP contribution < -0.4 is 0 Å². The fourth-order valence-corrected chi connectivity index (χ4v) is 4.05. The van der Waals surface area contributed by atoms with Gasteiger partial charge in [-0.15, -0.1) is 10.2 Å². The second-order valence-corrected chi connectivity index (χ2v) is 8.14. The van der Waals surface area contributed by atoms with Crippen LogP contribution in [0.1, 0.15) is 16.7 Å². The second-order valence-electron chi connectivity index (χ2n) is 6.76. The lowest BCUT2D eigenvalue weighted by Gasteiger charge is -2.11. The van der Waals surface area contributed by atoms with E-state index in [1.807, 2.05) is 24.3 Å². The Morgan fingerprint density at radius 3 is 2.32 bits per heavy atom. The van der Waals surface area contributed by atoms with E-state index in [0.29, 0.717) is 5.02 Å². The van der Waals surface area contributed by atoms with Crippen molar-refractivity contribution in [2.45, 2.75) is 24.8 Å². The van der Waals surface area contributed by atoms with E-state index in [0.717, 1.165) is 28.0 Å². The third kappa shape index (κ3) is 4.13. The Kier molecular flexibility index (Phi) is 5.51. The largest absolute Gasteiger partial charge is 0.270 e. The van der Waals surface area contributed by atoms with Gasteiger partial charge >= 0.3 is 0 Å². The average molecular weight is 406 g/mol. The van der Waals surface area contributed by atoms with Crippen LogP contribution in [0.4, 0.5) is 0 Å². The highest BCUT2D eigenvalue weighted by molar-refractivity contribution is 7.98. The van der Waals surface area contributed by atoms with Gasteiger partial charge in [0.2, 0.25) is 0 Å². The van der Waals surface area contributed by atoms with Gasteiger partial charge in [0.05, 0.1) is 0 Å². The zero-order valence-electron chi connectivity index (χ0n) is 15.8. The number of aromatic nitrogens is 3. The molecule has 0 bridgehead atoms. The molecule has 0 saturated carbocycles. The summed E-state index contributed by atoms with van der Waals surface area (Å²) in [5.74, 6) is 1.66. The molecule has 0 atom stereocenters. The van der Waals surface area contributed by atoms with Gasteiger partial charge in [0.15, 0.2) is 11.0 Å². The molecule has 4 rings (SSSR count). The maximum atomic E-state index is 6.10. The van der Waals surface area contributed by atoms with Gasteiger partial charge in [0, 0.05) is 22.0 Å². The highest BCUT2D eigenvalue weighted by Crippen LogP contribution is 2.30. The third-order valence-electron chi connectivity index (χ3n) is 4.48. The Morgan fingerprint density at radius 2 is 1.61 bits per heavy atom. The minimum Gasteiger partial charge on any atom is -0.270 e. The topological polar surface area (TPSA) is 30.7 Å². The van der Waals surface area contributed by atoms with E-state index in [9.17, 15) is 0 Å². The maximum Gasteiger partial charge on any atom is 0.196 e. The van der Waals surface area contributed by atoms with Gasteiger partial charge in [0.25, 0.3) is 0 Å².